The van der Waals surface area contributed by atoms with Gasteiger partial charge in [0, 0.05) is 18.3 Å². The molecule has 1 heterocycles. The highest BCUT2D eigenvalue weighted by molar-refractivity contribution is 9.10. The highest BCUT2D eigenvalue weighted by Crippen LogP contribution is 2.17. The van der Waals surface area contributed by atoms with Crippen molar-refractivity contribution in [2.45, 2.75) is 39.3 Å². The van der Waals surface area contributed by atoms with Crippen molar-refractivity contribution < 1.29 is 14.0 Å². The largest absolute Gasteiger partial charge is 0.352 e. The summed E-state index contributed by atoms with van der Waals surface area (Å²) in [7, 11) is 0. The Labute approximate surface area is 166 Å². The molecule has 0 spiro atoms. The molecule has 27 heavy (non-hydrogen) atoms. The summed E-state index contributed by atoms with van der Waals surface area (Å²) < 4.78 is 16.4. The number of nitrogens with zero attached hydrogens (tertiary/aromatic N) is 2. The Balaban J connectivity index is 1.98. The van der Waals surface area contributed by atoms with Crippen LogP contribution in [0.5, 0.6) is 0 Å². The van der Waals surface area contributed by atoms with Crippen LogP contribution in [-0.2, 0) is 9.59 Å². The Bertz CT molecular complexity index is 850. The molecule has 2 unspecified atom stereocenters. The highest BCUT2D eigenvalue weighted by atomic mass is 79.9. The lowest BCUT2D eigenvalue weighted by molar-refractivity contribution is -0.127. The van der Waals surface area contributed by atoms with Crippen molar-refractivity contribution >= 4 is 33.8 Å². The number of rotatable bonds is 7. The second-order valence-electron chi connectivity index (χ2n) is 6.20. The number of carbonyl (C=O) groups is 2. The minimum absolute atomic E-state index is 0.0456. The molecule has 2 rings (SSSR count). The molecular formula is C19H22BrFN4O2. The molecule has 0 radical (unpaired) electrons. The first-order valence-electron chi connectivity index (χ1n) is 8.59. The van der Waals surface area contributed by atoms with Gasteiger partial charge in [-0.2, -0.15) is 5.10 Å². The van der Waals surface area contributed by atoms with Gasteiger partial charge in [-0.25, -0.2) is 9.07 Å². The minimum atomic E-state index is -0.659. The third-order valence-corrected chi connectivity index (χ3v) is 4.36. The molecule has 144 valence electrons. The number of hydrogen-bond donors (Lipinski definition) is 2. The molecule has 2 atom stereocenters. The van der Waals surface area contributed by atoms with Crippen LogP contribution in [0.1, 0.15) is 32.8 Å². The zero-order valence-electron chi connectivity index (χ0n) is 15.4. The Morgan fingerprint density at radius 3 is 2.67 bits per heavy atom. The van der Waals surface area contributed by atoms with Gasteiger partial charge in [0.05, 0.1) is 10.7 Å². The van der Waals surface area contributed by atoms with Crippen LogP contribution in [-0.4, -0.2) is 33.7 Å². The molecule has 8 heteroatoms. The lowest BCUT2D eigenvalue weighted by Crippen LogP contribution is -2.46. The predicted octanol–water partition coefficient (Wildman–Crippen LogP) is 3.21. The summed E-state index contributed by atoms with van der Waals surface area (Å²) in [5.74, 6) is -1.14. The van der Waals surface area contributed by atoms with Crippen LogP contribution in [0.4, 0.5) is 4.39 Å². The fraction of sp³-hybridized carbons (Fsp3) is 0.316. The molecule has 0 fully saturated rings. The molecule has 0 aliphatic heterocycles. The van der Waals surface area contributed by atoms with Crippen LogP contribution < -0.4 is 10.6 Å². The van der Waals surface area contributed by atoms with Crippen LogP contribution in [0, 0.1) is 5.82 Å². The summed E-state index contributed by atoms with van der Waals surface area (Å²) in [6.07, 6.45) is 6.78. The number of amides is 2. The van der Waals surface area contributed by atoms with Crippen LogP contribution in [0.15, 0.2) is 41.1 Å². The summed E-state index contributed by atoms with van der Waals surface area (Å²) in [4.78, 5) is 23.9. The van der Waals surface area contributed by atoms with Crippen LogP contribution in [0.25, 0.3) is 11.8 Å². The van der Waals surface area contributed by atoms with Gasteiger partial charge in [0.25, 0.3) is 0 Å². The quantitative estimate of drug-likeness (QED) is 0.654. The molecule has 0 aliphatic carbocycles. The van der Waals surface area contributed by atoms with E-state index < -0.39 is 17.8 Å². The molecule has 0 saturated carbocycles. The van der Waals surface area contributed by atoms with Crippen molar-refractivity contribution in [3.63, 3.8) is 0 Å². The normalized spacial score (nSPS) is 13.4. The predicted molar refractivity (Wildman–Crippen MR) is 106 cm³/mol. The van der Waals surface area contributed by atoms with E-state index in [0.717, 1.165) is 10.9 Å². The lowest BCUT2D eigenvalue weighted by atomic mass is 10.1. The first kappa shape index (κ1) is 20.8. The number of benzene rings is 1. The Morgan fingerprint density at radius 2 is 2.07 bits per heavy atom. The molecule has 0 aliphatic rings. The SMILES string of the molecule is CCC(C)NC(=O)C(C)NC(=O)/C=C/c1ccc(-n2cc(Br)cn2)c(F)c1. The van der Waals surface area contributed by atoms with Gasteiger partial charge in [-0.3, -0.25) is 9.59 Å². The summed E-state index contributed by atoms with van der Waals surface area (Å²) in [5.41, 5.74) is 0.826. The van der Waals surface area contributed by atoms with E-state index in [4.69, 9.17) is 0 Å². The maximum Gasteiger partial charge on any atom is 0.244 e. The van der Waals surface area contributed by atoms with Crippen molar-refractivity contribution in [3.8, 4) is 5.69 Å². The first-order chi connectivity index (χ1) is 12.8. The molecule has 2 N–H and O–H groups in total. The first-order valence-corrected chi connectivity index (χ1v) is 9.38. The number of aromatic nitrogens is 2. The third kappa shape index (κ3) is 6.02. The summed E-state index contributed by atoms with van der Waals surface area (Å²) in [5, 5.41) is 9.42. The second kappa shape index (κ2) is 9.45. The molecule has 1 aromatic heterocycles. The van der Waals surface area contributed by atoms with E-state index >= 15 is 0 Å². The molecular weight excluding hydrogens is 415 g/mol. The van der Waals surface area contributed by atoms with E-state index in [1.165, 1.54) is 22.9 Å². The minimum Gasteiger partial charge on any atom is -0.352 e. The van der Waals surface area contributed by atoms with Crippen molar-refractivity contribution in [1.29, 1.82) is 0 Å². The maximum atomic E-state index is 14.3. The van der Waals surface area contributed by atoms with E-state index in [0.29, 0.717) is 11.3 Å². The Morgan fingerprint density at radius 1 is 1.33 bits per heavy atom. The Kier molecular flexibility index (Phi) is 7.29. The lowest BCUT2D eigenvalue weighted by Gasteiger charge is -2.16. The zero-order chi connectivity index (χ0) is 20.0. The van der Waals surface area contributed by atoms with Crippen molar-refractivity contribution in [1.82, 2.24) is 20.4 Å². The van der Waals surface area contributed by atoms with Gasteiger partial charge in [-0.15, -0.1) is 0 Å². The van der Waals surface area contributed by atoms with Gasteiger partial charge < -0.3 is 10.6 Å². The molecule has 6 nitrogen and oxygen atoms in total. The van der Waals surface area contributed by atoms with Crippen molar-refractivity contribution in [2.75, 3.05) is 0 Å². The fourth-order valence-electron chi connectivity index (χ4n) is 2.21. The third-order valence-electron chi connectivity index (χ3n) is 3.95. The molecule has 0 saturated heterocycles. The molecule has 2 aromatic rings. The summed E-state index contributed by atoms with van der Waals surface area (Å²) in [6, 6.07) is 3.96. The van der Waals surface area contributed by atoms with Gasteiger partial charge in [-0.1, -0.05) is 13.0 Å². The van der Waals surface area contributed by atoms with Gasteiger partial charge in [0.15, 0.2) is 0 Å². The van der Waals surface area contributed by atoms with E-state index in [9.17, 15) is 14.0 Å². The van der Waals surface area contributed by atoms with Gasteiger partial charge in [-0.05, 0) is 60.0 Å². The maximum absolute atomic E-state index is 14.3. The zero-order valence-corrected chi connectivity index (χ0v) is 17.0. The van der Waals surface area contributed by atoms with E-state index in [-0.39, 0.29) is 11.9 Å². The van der Waals surface area contributed by atoms with E-state index in [1.807, 2.05) is 13.8 Å². The fourth-order valence-corrected chi connectivity index (χ4v) is 2.50. The van der Waals surface area contributed by atoms with Crippen LogP contribution in [0.2, 0.25) is 0 Å². The average molecular weight is 437 g/mol. The Hall–Kier alpha value is -2.48. The number of nitrogens with one attached hydrogen (secondary N) is 2. The molecule has 1 aromatic carbocycles. The smallest absolute Gasteiger partial charge is 0.244 e. The standard InChI is InChI=1S/C19H22BrFN4O2/c1-4-12(2)23-19(27)13(3)24-18(26)8-6-14-5-7-17(16(21)9-14)25-11-15(20)10-22-25/h5-13H,4H2,1-3H3,(H,23,27)(H,24,26)/b8-6+. The van der Waals surface area contributed by atoms with E-state index in [2.05, 4.69) is 31.7 Å². The van der Waals surface area contributed by atoms with Gasteiger partial charge >= 0.3 is 0 Å². The van der Waals surface area contributed by atoms with E-state index in [1.54, 1.807) is 31.5 Å². The average Bonchev–Trinajstić information content (AvgIpc) is 3.05. The second-order valence-corrected chi connectivity index (χ2v) is 7.11. The monoisotopic (exact) mass is 436 g/mol. The summed E-state index contributed by atoms with van der Waals surface area (Å²) >= 11 is 3.27. The number of hydrogen-bond acceptors (Lipinski definition) is 3. The number of halogens is 2. The van der Waals surface area contributed by atoms with Crippen LogP contribution in [0.3, 0.4) is 0 Å². The molecule has 2 amide bonds. The summed E-state index contributed by atoms with van der Waals surface area (Å²) in [6.45, 7) is 5.47. The van der Waals surface area contributed by atoms with Gasteiger partial charge in [0.2, 0.25) is 11.8 Å². The van der Waals surface area contributed by atoms with Crippen molar-refractivity contribution in [2.24, 2.45) is 0 Å². The van der Waals surface area contributed by atoms with Crippen molar-refractivity contribution in [3.05, 3.63) is 52.5 Å². The topological polar surface area (TPSA) is 76.0 Å². The number of carbonyl (C=O) groups excluding carboxylic acids is 2. The van der Waals surface area contributed by atoms with Crippen LogP contribution >= 0.6 is 15.9 Å². The molecule has 0 bridgehead atoms. The highest BCUT2D eigenvalue weighted by Gasteiger charge is 2.15. The van der Waals surface area contributed by atoms with Gasteiger partial charge in [0.1, 0.15) is 17.5 Å².